The van der Waals surface area contributed by atoms with Gasteiger partial charge in [0.15, 0.2) is 18.2 Å². The molecule has 8 rings (SSSR count). The number of rotatable bonds is 12. The molecule has 4 aliphatic rings. The first-order valence-corrected chi connectivity index (χ1v) is 19.6. The summed E-state index contributed by atoms with van der Waals surface area (Å²) in [5, 5.41) is 9.06. The van der Waals surface area contributed by atoms with Crippen molar-refractivity contribution in [2.24, 2.45) is 13.0 Å². The van der Waals surface area contributed by atoms with E-state index in [0.29, 0.717) is 53.6 Å². The average molecular weight is 812 g/mol. The van der Waals surface area contributed by atoms with E-state index < -0.39 is 29.7 Å². The van der Waals surface area contributed by atoms with Gasteiger partial charge in [0.05, 0.1) is 28.9 Å². The summed E-state index contributed by atoms with van der Waals surface area (Å²) in [6.45, 7) is 3.25. The highest BCUT2D eigenvalue weighted by Gasteiger charge is 2.45. The zero-order valence-electron chi connectivity index (χ0n) is 32.0. The molecule has 302 valence electrons. The summed E-state index contributed by atoms with van der Waals surface area (Å²) in [7, 11) is 3.14. The molecule has 0 radical (unpaired) electrons. The topological polar surface area (TPSA) is 197 Å². The van der Waals surface area contributed by atoms with Crippen LogP contribution in [-0.4, -0.2) is 108 Å². The summed E-state index contributed by atoms with van der Waals surface area (Å²) >= 11 is 6.52. The third-order valence-corrected chi connectivity index (χ3v) is 11.5. The highest BCUT2D eigenvalue weighted by atomic mass is 35.5. The van der Waals surface area contributed by atoms with Crippen molar-refractivity contribution in [1.82, 2.24) is 30.1 Å². The van der Waals surface area contributed by atoms with Crippen LogP contribution in [0.2, 0.25) is 5.02 Å². The Labute approximate surface area is 337 Å². The number of carbonyl (C=O) groups is 5. The second kappa shape index (κ2) is 16.1. The van der Waals surface area contributed by atoms with Crippen molar-refractivity contribution >= 4 is 75.2 Å². The summed E-state index contributed by atoms with van der Waals surface area (Å²) in [4.78, 5) is 89.2. The molecule has 1 atom stereocenters. The first kappa shape index (κ1) is 38.8. The number of nitrogens with zero attached hydrogens (tertiary/aromatic N) is 6. The van der Waals surface area contributed by atoms with Crippen molar-refractivity contribution in [3.05, 3.63) is 75.2 Å². The number of amides is 5. The number of nitrogens with one attached hydrogen (secondary N) is 3. The predicted octanol–water partition coefficient (Wildman–Crippen LogP) is 2.76. The summed E-state index contributed by atoms with van der Waals surface area (Å²) in [6.07, 6.45) is 4.67. The van der Waals surface area contributed by atoms with E-state index in [-0.39, 0.29) is 53.9 Å². The number of aryl methyl sites for hydroxylation is 1. The quantitative estimate of drug-likeness (QED) is 0.177. The molecule has 18 heteroatoms. The van der Waals surface area contributed by atoms with Crippen molar-refractivity contribution in [1.29, 1.82) is 0 Å². The minimum Gasteiger partial charge on any atom is -0.478 e. The number of halogens is 1. The van der Waals surface area contributed by atoms with Crippen LogP contribution >= 0.6 is 11.6 Å². The average Bonchev–Trinajstić information content (AvgIpc) is 3.45. The van der Waals surface area contributed by atoms with Gasteiger partial charge in [0.25, 0.3) is 23.3 Å². The second-order valence-electron chi connectivity index (χ2n) is 14.9. The normalized spacial score (nSPS) is 18.7. The zero-order chi connectivity index (χ0) is 40.7. The number of benzene rings is 2. The van der Waals surface area contributed by atoms with Gasteiger partial charge in [-0.05, 0) is 74.1 Å². The van der Waals surface area contributed by atoms with Crippen molar-refractivity contribution in [3.63, 3.8) is 0 Å². The molecule has 2 aromatic heterocycles. The zero-order valence-corrected chi connectivity index (χ0v) is 32.7. The van der Waals surface area contributed by atoms with Gasteiger partial charge >= 0.3 is 0 Å². The van der Waals surface area contributed by atoms with Crippen LogP contribution in [-0.2, 0) is 26.2 Å². The Morgan fingerprint density at radius 3 is 2.50 bits per heavy atom. The lowest BCUT2D eigenvalue weighted by Crippen LogP contribution is -2.54. The van der Waals surface area contributed by atoms with E-state index in [2.05, 4.69) is 30.7 Å². The maximum atomic E-state index is 13.2. The largest absolute Gasteiger partial charge is 0.478 e. The van der Waals surface area contributed by atoms with Crippen LogP contribution in [0.25, 0.3) is 10.9 Å². The number of anilines is 4. The van der Waals surface area contributed by atoms with E-state index in [1.54, 1.807) is 31.4 Å². The Morgan fingerprint density at radius 2 is 1.74 bits per heavy atom. The predicted molar refractivity (Wildman–Crippen MR) is 214 cm³/mol. The number of imide groups is 2. The minimum absolute atomic E-state index is 0.0537. The second-order valence-corrected chi connectivity index (χ2v) is 15.3. The minimum atomic E-state index is -0.993. The fourth-order valence-electron chi connectivity index (χ4n) is 7.82. The first-order valence-electron chi connectivity index (χ1n) is 19.2. The lowest BCUT2D eigenvalue weighted by atomic mass is 9.94. The van der Waals surface area contributed by atoms with Gasteiger partial charge in [0.2, 0.25) is 17.8 Å². The van der Waals surface area contributed by atoms with Crippen LogP contribution in [0, 0.1) is 5.92 Å². The van der Waals surface area contributed by atoms with Gasteiger partial charge in [-0.15, -0.1) is 0 Å². The Bertz CT molecular complexity index is 2390. The maximum Gasteiger partial charge on any atom is 0.293 e. The van der Waals surface area contributed by atoms with Crippen molar-refractivity contribution in [2.75, 3.05) is 61.6 Å². The molecular formula is C40H42ClN9O8. The van der Waals surface area contributed by atoms with Crippen LogP contribution in [0.4, 0.5) is 23.1 Å². The Hall–Kier alpha value is -6.07. The number of hydrogen-bond donors (Lipinski definition) is 3. The molecule has 3 saturated heterocycles. The van der Waals surface area contributed by atoms with E-state index in [4.69, 9.17) is 26.1 Å². The number of carbonyl (C=O) groups excluding carboxylic acids is 5. The van der Waals surface area contributed by atoms with Gasteiger partial charge in [0, 0.05) is 70.1 Å². The van der Waals surface area contributed by atoms with E-state index in [9.17, 15) is 28.8 Å². The molecule has 4 aliphatic heterocycles. The summed E-state index contributed by atoms with van der Waals surface area (Å²) in [6, 6.07) is 11.3. The first-order chi connectivity index (χ1) is 28.0. The third-order valence-electron chi connectivity index (χ3n) is 11.2. The lowest BCUT2D eigenvalue weighted by Gasteiger charge is -2.41. The Morgan fingerprint density at radius 1 is 0.966 bits per heavy atom. The summed E-state index contributed by atoms with van der Waals surface area (Å²) < 4.78 is 13.2. The molecule has 0 bridgehead atoms. The molecule has 2 aromatic carbocycles. The molecule has 4 aromatic rings. The fraction of sp³-hybridized carbons (Fsp3) is 0.400. The molecule has 6 heterocycles. The fourth-order valence-corrected chi connectivity index (χ4v) is 7.96. The number of aromatic nitrogens is 3. The molecule has 0 spiro atoms. The van der Waals surface area contributed by atoms with Crippen LogP contribution in [0.3, 0.4) is 0 Å². The van der Waals surface area contributed by atoms with Gasteiger partial charge in [-0.3, -0.25) is 39.0 Å². The number of likely N-dealkylation sites (N-methyl/N-ethyl adjacent to an activating group) is 1. The van der Waals surface area contributed by atoms with Gasteiger partial charge in [0.1, 0.15) is 11.1 Å². The molecule has 0 saturated carbocycles. The highest BCUT2D eigenvalue weighted by Crippen LogP contribution is 2.33. The van der Waals surface area contributed by atoms with Gasteiger partial charge in [-0.1, -0.05) is 11.6 Å². The highest BCUT2D eigenvalue weighted by molar-refractivity contribution is 6.33. The third kappa shape index (κ3) is 7.66. The number of fused-ring (bicyclic) bond motifs is 2. The molecule has 3 N–H and O–H groups in total. The molecular weight excluding hydrogens is 770 g/mol. The smallest absolute Gasteiger partial charge is 0.293 e. The number of pyridine rings is 1. The molecule has 58 heavy (non-hydrogen) atoms. The van der Waals surface area contributed by atoms with Crippen LogP contribution in [0.15, 0.2) is 53.5 Å². The van der Waals surface area contributed by atoms with E-state index >= 15 is 0 Å². The van der Waals surface area contributed by atoms with Crippen molar-refractivity contribution in [3.8, 4) is 5.75 Å². The van der Waals surface area contributed by atoms with Gasteiger partial charge < -0.3 is 34.5 Å². The van der Waals surface area contributed by atoms with E-state index in [1.165, 1.54) is 11.6 Å². The number of piperidine rings is 2. The molecule has 3 fully saturated rings. The van der Waals surface area contributed by atoms with E-state index in [1.807, 2.05) is 24.3 Å². The van der Waals surface area contributed by atoms with Crippen LogP contribution < -0.4 is 36.0 Å². The SMILES string of the molecule is CNC(=O)COc1cc2cc(Nc3nc(N4CCC(CCOC5CN(c6ccc7c(c6)C(=O)N(C6CCC(=O)NC6=O)C7=O)C5)CC4)ncc3Cl)ccc2n(C)c1=O. The van der Waals surface area contributed by atoms with Crippen molar-refractivity contribution < 1.29 is 33.4 Å². The molecule has 5 amide bonds. The molecule has 1 unspecified atom stereocenters. The monoisotopic (exact) mass is 811 g/mol. The number of ether oxygens (including phenoxy) is 2. The lowest BCUT2D eigenvalue weighted by molar-refractivity contribution is -0.136. The summed E-state index contributed by atoms with van der Waals surface area (Å²) in [5.74, 6) is -0.833. The number of hydrogen-bond acceptors (Lipinski definition) is 13. The van der Waals surface area contributed by atoms with Crippen LogP contribution in [0.1, 0.15) is 52.8 Å². The maximum absolute atomic E-state index is 13.2. The standard InChI is InChI=1S/C40H42ClN9O8/c1-42-34(52)21-58-32-16-23-15-24(3-6-30(23)47(2)39(32)56)44-35-29(41)18-43-40(46-35)48-12-9-22(10-13-48)11-14-57-26-19-49(20-26)25-4-5-27-28(17-25)38(55)50(37(27)54)31-7-8-33(51)45-36(31)53/h3-6,15-18,22,26,31H,7-14,19-21H2,1-2H3,(H,42,52)(H,43,44,46)(H,45,51,53). The summed E-state index contributed by atoms with van der Waals surface area (Å²) in [5.41, 5.74) is 2.38. The molecule has 17 nitrogen and oxygen atoms in total. The van der Waals surface area contributed by atoms with Crippen molar-refractivity contribution in [2.45, 2.75) is 44.2 Å². The van der Waals surface area contributed by atoms with Crippen LogP contribution in [0.5, 0.6) is 5.75 Å². The van der Waals surface area contributed by atoms with Gasteiger partial charge in [-0.2, -0.15) is 4.98 Å². The molecule has 0 aliphatic carbocycles. The van der Waals surface area contributed by atoms with Gasteiger partial charge in [-0.25, -0.2) is 4.98 Å². The Balaban J connectivity index is 0.802. The van der Waals surface area contributed by atoms with E-state index in [0.717, 1.165) is 48.3 Å². The Kier molecular flexibility index (Phi) is 10.7.